The lowest BCUT2D eigenvalue weighted by atomic mass is 10.0. The van der Waals surface area contributed by atoms with Gasteiger partial charge in [0.1, 0.15) is 5.82 Å². The van der Waals surface area contributed by atoms with Crippen LogP contribution < -0.4 is 0 Å². The zero-order chi connectivity index (χ0) is 10.8. The number of carboxylic acids is 1. The van der Waals surface area contributed by atoms with E-state index in [-0.39, 0.29) is 12.1 Å². The normalized spacial score (nSPS) is 14.8. The second-order valence-corrected chi connectivity index (χ2v) is 3.22. The standard InChI is InChI=1S/C9H10FNO3/c1-9(14,8(12)13)5-7-4-6(10)2-3-11-7/h2-4,14H,5H2,1H3,(H,12,13). The molecule has 0 bridgehead atoms. The summed E-state index contributed by atoms with van der Waals surface area (Å²) in [7, 11) is 0. The summed E-state index contributed by atoms with van der Waals surface area (Å²) >= 11 is 0. The van der Waals surface area contributed by atoms with Crippen molar-refractivity contribution in [3.8, 4) is 0 Å². The Morgan fingerprint density at radius 1 is 1.71 bits per heavy atom. The van der Waals surface area contributed by atoms with E-state index in [1.165, 1.54) is 6.20 Å². The maximum Gasteiger partial charge on any atom is 0.335 e. The predicted octanol–water partition coefficient (Wildman–Crippen LogP) is 0.599. The van der Waals surface area contributed by atoms with Gasteiger partial charge in [-0.15, -0.1) is 0 Å². The van der Waals surface area contributed by atoms with Crippen molar-refractivity contribution < 1.29 is 19.4 Å². The third-order valence-electron chi connectivity index (χ3n) is 1.76. The smallest absolute Gasteiger partial charge is 0.335 e. The number of carboxylic acid groups (broad SMARTS) is 1. The lowest BCUT2D eigenvalue weighted by Gasteiger charge is -2.16. The number of nitrogens with zero attached hydrogens (tertiary/aromatic N) is 1. The maximum atomic E-state index is 12.7. The molecule has 2 N–H and O–H groups in total. The average Bonchev–Trinajstić information content (AvgIpc) is 2.02. The molecular weight excluding hydrogens is 189 g/mol. The number of rotatable bonds is 3. The highest BCUT2D eigenvalue weighted by atomic mass is 19.1. The molecule has 0 radical (unpaired) electrons. The van der Waals surface area contributed by atoms with Crippen LogP contribution >= 0.6 is 0 Å². The van der Waals surface area contributed by atoms with Gasteiger partial charge in [0.25, 0.3) is 0 Å². The highest BCUT2D eigenvalue weighted by Crippen LogP contribution is 2.12. The summed E-state index contributed by atoms with van der Waals surface area (Å²) in [6, 6.07) is 2.25. The molecule has 76 valence electrons. The van der Waals surface area contributed by atoms with E-state index in [0.717, 1.165) is 19.1 Å². The summed E-state index contributed by atoms with van der Waals surface area (Å²) in [5.74, 6) is -1.86. The first-order valence-electron chi connectivity index (χ1n) is 3.98. The van der Waals surface area contributed by atoms with Gasteiger partial charge in [0.2, 0.25) is 0 Å². The van der Waals surface area contributed by atoms with E-state index in [9.17, 15) is 14.3 Å². The number of hydrogen-bond acceptors (Lipinski definition) is 3. The molecule has 0 aliphatic heterocycles. The first-order valence-corrected chi connectivity index (χ1v) is 3.98. The zero-order valence-electron chi connectivity index (χ0n) is 7.57. The number of aromatic nitrogens is 1. The fourth-order valence-corrected chi connectivity index (χ4v) is 0.974. The van der Waals surface area contributed by atoms with Crippen molar-refractivity contribution in [2.45, 2.75) is 18.9 Å². The quantitative estimate of drug-likeness (QED) is 0.747. The van der Waals surface area contributed by atoms with E-state index in [1.54, 1.807) is 0 Å². The summed E-state index contributed by atoms with van der Waals surface area (Å²) in [6.45, 7) is 1.14. The number of aliphatic hydroxyl groups is 1. The third kappa shape index (κ3) is 2.50. The molecule has 1 rings (SSSR count). The number of pyridine rings is 1. The van der Waals surface area contributed by atoms with Gasteiger partial charge >= 0.3 is 5.97 Å². The van der Waals surface area contributed by atoms with E-state index in [0.29, 0.717) is 0 Å². The second kappa shape index (κ2) is 3.71. The lowest BCUT2D eigenvalue weighted by molar-refractivity contribution is -0.156. The van der Waals surface area contributed by atoms with E-state index < -0.39 is 17.4 Å². The van der Waals surface area contributed by atoms with E-state index in [4.69, 9.17) is 5.11 Å². The molecule has 0 spiro atoms. The van der Waals surface area contributed by atoms with E-state index in [1.807, 2.05) is 0 Å². The van der Waals surface area contributed by atoms with Crippen molar-refractivity contribution in [1.82, 2.24) is 4.98 Å². The van der Waals surface area contributed by atoms with Crippen LogP contribution in [0.15, 0.2) is 18.3 Å². The molecule has 1 unspecified atom stereocenters. The van der Waals surface area contributed by atoms with Crippen molar-refractivity contribution in [2.24, 2.45) is 0 Å². The first kappa shape index (κ1) is 10.6. The molecule has 4 nitrogen and oxygen atoms in total. The summed E-state index contributed by atoms with van der Waals surface area (Å²) in [5, 5.41) is 18.0. The summed E-state index contributed by atoms with van der Waals surface area (Å²) in [5.41, 5.74) is -1.71. The van der Waals surface area contributed by atoms with Gasteiger partial charge in [-0.2, -0.15) is 0 Å². The molecule has 1 atom stereocenters. The van der Waals surface area contributed by atoms with Crippen LogP contribution in [-0.2, 0) is 11.2 Å². The molecule has 1 aromatic rings. The highest BCUT2D eigenvalue weighted by molar-refractivity contribution is 5.76. The van der Waals surface area contributed by atoms with Crippen LogP contribution in [-0.4, -0.2) is 26.8 Å². The van der Waals surface area contributed by atoms with Crippen LogP contribution in [0.5, 0.6) is 0 Å². The Morgan fingerprint density at radius 3 is 2.86 bits per heavy atom. The predicted molar refractivity (Wildman–Crippen MR) is 46.2 cm³/mol. The van der Waals surface area contributed by atoms with E-state index >= 15 is 0 Å². The van der Waals surface area contributed by atoms with Crippen LogP contribution in [0.25, 0.3) is 0 Å². The first-order chi connectivity index (χ1) is 6.42. The number of halogens is 1. The van der Waals surface area contributed by atoms with Crippen molar-refractivity contribution in [3.63, 3.8) is 0 Å². The number of aliphatic carboxylic acids is 1. The largest absolute Gasteiger partial charge is 0.479 e. The van der Waals surface area contributed by atoms with Crippen LogP contribution in [0.3, 0.4) is 0 Å². The zero-order valence-corrected chi connectivity index (χ0v) is 7.57. The lowest BCUT2D eigenvalue weighted by Crippen LogP contribution is -2.37. The van der Waals surface area contributed by atoms with Gasteiger partial charge in [0.15, 0.2) is 5.60 Å². The highest BCUT2D eigenvalue weighted by Gasteiger charge is 2.30. The van der Waals surface area contributed by atoms with Gasteiger partial charge in [0.05, 0.1) is 0 Å². The molecule has 14 heavy (non-hydrogen) atoms. The molecule has 0 amide bonds. The van der Waals surface area contributed by atoms with Crippen molar-refractivity contribution in [3.05, 3.63) is 29.8 Å². The number of carbonyl (C=O) groups is 1. The molecule has 0 saturated carbocycles. The Hall–Kier alpha value is -1.49. The molecule has 0 fully saturated rings. The van der Waals surface area contributed by atoms with Crippen molar-refractivity contribution in [1.29, 1.82) is 0 Å². The Morgan fingerprint density at radius 2 is 2.36 bits per heavy atom. The summed E-state index contributed by atoms with van der Waals surface area (Å²) in [4.78, 5) is 14.3. The Labute approximate surface area is 80.0 Å². The SMILES string of the molecule is CC(O)(Cc1cc(F)ccn1)C(=O)O. The molecular formula is C9H10FNO3. The molecule has 0 aromatic carbocycles. The summed E-state index contributed by atoms with van der Waals surface area (Å²) in [6.07, 6.45) is 1.00. The van der Waals surface area contributed by atoms with Gasteiger partial charge in [0, 0.05) is 18.3 Å². The summed E-state index contributed by atoms with van der Waals surface area (Å²) < 4.78 is 12.7. The van der Waals surface area contributed by atoms with Crippen LogP contribution in [0.1, 0.15) is 12.6 Å². The Balaban J connectivity index is 2.83. The average molecular weight is 199 g/mol. The fourth-order valence-electron chi connectivity index (χ4n) is 0.974. The van der Waals surface area contributed by atoms with Gasteiger partial charge in [-0.1, -0.05) is 0 Å². The minimum atomic E-state index is -1.92. The Bertz CT molecular complexity index is 352. The van der Waals surface area contributed by atoms with E-state index in [2.05, 4.69) is 4.98 Å². The fraction of sp³-hybridized carbons (Fsp3) is 0.333. The van der Waals surface area contributed by atoms with Gasteiger partial charge in [-0.05, 0) is 19.1 Å². The third-order valence-corrected chi connectivity index (χ3v) is 1.76. The van der Waals surface area contributed by atoms with Crippen LogP contribution in [0, 0.1) is 5.82 Å². The molecule has 0 saturated heterocycles. The molecule has 1 aromatic heterocycles. The minimum Gasteiger partial charge on any atom is -0.479 e. The second-order valence-electron chi connectivity index (χ2n) is 3.22. The maximum absolute atomic E-state index is 12.7. The minimum absolute atomic E-state index is 0.206. The van der Waals surface area contributed by atoms with Crippen LogP contribution in [0.2, 0.25) is 0 Å². The molecule has 0 aliphatic carbocycles. The van der Waals surface area contributed by atoms with Gasteiger partial charge in [-0.3, -0.25) is 4.98 Å². The van der Waals surface area contributed by atoms with Gasteiger partial charge in [-0.25, -0.2) is 9.18 Å². The van der Waals surface area contributed by atoms with Crippen molar-refractivity contribution in [2.75, 3.05) is 0 Å². The molecule has 1 heterocycles. The number of hydrogen-bond donors (Lipinski definition) is 2. The Kier molecular flexibility index (Phi) is 2.81. The molecule has 5 heteroatoms. The van der Waals surface area contributed by atoms with Gasteiger partial charge < -0.3 is 10.2 Å². The van der Waals surface area contributed by atoms with Crippen molar-refractivity contribution >= 4 is 5.97 Å². The molecule has 0 aliphatic rings. The van der Waals surface area contributed by atoms with Crippen LogP contribution in [0.4, 0.5) is 4.39 Å². The topological polar surface area (TPSA) is 70.4 Å². The monoisotopic (exact) mass is 199 g/mol.